The molecule has 0 aliphatic heterocycles. The van der Waals surface area contributed by atoms with Crippen LogP contribution in [0.3, 0.4) is 0 Å². The molecule has 2 aromatic carbocycles. The van der Waals surface area contributed by atoms with Crippen LogP contribution >= 0.6 is 22.9 Å². The van der Waals surface area contributed by atoms with Gasteiger partial charge in [-0.3, -0.25) is 9.78 Å². The van der Waals surface area contributed by atoms with Crippen molar-refractivity contribution in [3.63, 3.8) is 0 Å². The highest BCUT2D eigenvalue weighted by molar-refractivity contribution is 7.20. The van der Waals surface area contributed by atoms with Crippen LogP contribution < -0.4 is 15.4 Å². The molecule has 3 heterocycles. The van der Waals surface area contributed by atoms with Crippen LogP contribution in [0.5, 0.6) is 5.75 Å². The lowest BCUT2D eigenvalue weighted by Gasteiger charge is -2.11. The second-order valence-corrected chi connectivity index (χ2v) is 9.17. The maximum absolute atomic E-state index is 13.1. The summed E-state index contributed by atoms with van der Waals surface area (Å²) in [5, 5.41) is 7.23. The molecule has 0 spiro atoms. The minimum atomic E-state index is -0.179. The van der Waals surface area contributed by atoms with Gasteiger partial charge in [0.15, 0.2) is 11.9 Å². The number of carbonyl (C=O) groups is 1. The molecule has 0 aliphatic rings. The first-order valence-electron chi connectivity index (χ1n) is 11.2. The summed E-state index contributed by atoms with van der Waals surface area (Å²) in [7, 11) is 0. The van der Waals surface area contributed by atoms with E-state index in [1.165, 1.54) is 11.3 Å². The lowest BCUT2D eigenvalue weighted by Crippen LogP contribution is -2.11. The fourth-order valence-corrected chi connectivity index (χ4v) is 5.01. The second kappa shape index (κ2) is 10.7. The number of nitrogens with zero attached hydrogens (tertiary/aromatic N) is 3. The van der Waals surface area contributed by atoms with Crippen molar-refractivity contribution >= 4 is 50.6 Å². The average Bonchev–Trinajstić information content (AvgIpc) is 3.25. The van der Waals surface area contributed by atoms with Crippen LogP contribution in [0.1, 0.15) is 20.8 Å². The van der Waals surface area contributed by atoms with E-state index < -0.39 is 0 Å². The number of pyridine rings is 1. The van der Waals surface area contributed by atoms with Crippen LogP contribution in [0.2, 0.25) is 0 Å². The number of anilines is 2. The zero-order chi connectivity index (χ0) is 24.9. The van der Waals surface area contributed by atoms with E-state index in [2.05, 4.69) is 15.6 Å². The first kappa shape index (κ1) is 23.7. The number of alkyl halides is 1. The molecule has 5 aromatic rings. The van der Waals surface area contributed by atoms with Crippen molar-refractivity contribution in [2.75, 3.05) is 16.7 Å². The molecule has 0 atom stereocenters. The summed E-state index contributed by atoms with van der Waals surface area (Å²) in [5.74, 6) is 1.70. The smallest absolute Gasteiger partial charge is 0.266 e. The van der Waals surface area contributed by atoms with Crippen LogP contribution in [0.15, 0.2) is 79.1 Å². The molecule has 1 amide bonds. The summed E-state index contributed by atoms with van der Waals surface area (Å²) >= 11 is 7.05. The van der Waals surface area contributed by atoms with E-state index in [-0.39, 0.29) is 12.0 Å². The maximum Gasteiger partial charge on any atom is 0.266 e. The Morgan fingerprint density at radius 2 is 1.92 bits per heavy atom. The van der Waals surface area contributed by atoms with Crippen molar-refractivity contribution < 1.29 is 9.53 Å². The minimum Gasteiger partial charge on any atom is -0.478 e. The van der Waals surface area contributed by atoms with Crippen molar-refractivity contribution in [1.29, 1.82) is 0 Å². The number of thiophene rings is 1. The summed E-state index contributed by atoms with van der Waals surface area (Å²) < 4.78 is 5.41. The van der Waals surface area contributed by atoms with Gasteiger partial charge in [0.05, 0.1) is 10.3 Å². The van der Waals surface area contributed by atoms with Crippen molar-refractivity contribution in [3.05, 3.63) is 95.1 Å². The number of fused-ring (bicyclic) bond motifs is 1. The number of amides is 1. The fourth-order valence-electron chi connectivity index (χ4n) is 3.81. The molecule has 0 unspecified atom stereocenters. The Morgan fingerprint density at radius 1 is 1.06 bits per heavy atom. The van der Waals surface area contributed by atoms with E-state index in [1.54, 1.807) is 12.4 Å². The molecule has 0 fully saturated rings. The van der Waals surface area contributed by atoms with Gasteiger partial charge in [0.2, 0.25) is 0 Å². The number of aryl methyl sites for hydroxylation is 1. The number of para-hydroxylation sites is 1. The first-order chi connectivity index (χ1) is 17.6. The normalized spacial score (nSPS) is 10.8. The predicted octanol–water partition coefficient (Wildman–Crippen LogP) is 6.50. The number of carbonyl (C=O) groups excluding carboxylic acids is 1. The van der Waals surface area contributed by atoms with Crippen molar-refractivity contribution in [3.8, 4) is 17.1 Å². The number of hydrogen-bond donors (Lipinski definition) is 2. The number of halogens is 1. The molecule has 2 N–H and O–H groups in total. The Morgan fingerprint density at radius 3 is 2.69 bits per heavy atom. The van der Waals surface area contributed by atoms with E-state index in [4.69, 9.17) is 26.3 Å². The predicted molar refractivity (Wildman–Crippen MR) is 145 cm³/mol. The van der Waals surface area contributed by atoms with E-state index >= 15 is 0 Å². The van der Waals surface area contributed by atoms with Gasteiger partial charge in [0.25, 0.3) is 5.91 Å². The molecule has 0 saturated heterocycles. The molecule has 0 saturated carbocycles. The summed E-state index contributed by atoms with van der Waals surface area (Å²) in [6.45, 7) is 2.42. The van der Waals surface area contributed by atoms with E-state index in [1.807, 2.05) is 73.7 Å². The van der Waals surface area contributed by atoms with Gasteiger partial charge in [-0.25, -0.2) is 9.97 Å². The third-order valence-corrected chi connectivity index (χ3v) is 6.82. The highest BCUT2D eigenvalue weighted by Crippen LogP contribution is 2.36. The highest BCUT2D eigenvalue weighted by Gasteiger charge is 2.21. The van der Waals surface area contributed by atoms with Gasteiger partial charge in [-0.2, -0.15) is 0 Å². The SMILES string of the molecule is Cc1c(C(=O)Nc2ccccc2)sc2nc(-c3cccnc3)nc(NCc3cccc(OCCl)c3)c12. The minimum absolute atomic E-state index is 0.0831. The molecule has 180 valence electrons. The zero-order valence-corrected chi connectivity index (χ0v) is 20.9. The highest BCUT2D eigenvalue weighted by atomic mass is 35.5. The van der Waals surface area contributed by atoms with Gasteiger partial charge < -0.3 is 15.4 Å². The summed E-state index contributed by atoms with van der Waals surface area (Å²) in [5.41, 5.74) is 3.35. The molecule has 0 bridgehead atoms. The molecule has 5 rings (SSSR count). The zero-order valence-electron chi connectivity index (χ0n) is 19.4. The van der Waals surface area contributed by atoms with Gasteiger partial charge in [0.1, 0.15) is 16.4 Å². The quantitative estimate of drug-likeness (QED) is 0.229. The summed E-state index contributed by atoms with van der Waals surface area (Å²) in [6, 6.07) is 20.9. The molecule has 9 heteroatoms. The molecule has 7 nitrogen and oxygen atoms in total. The Labute approximate surface area is 217 Å². The number of aromatic nitrogens is 3. The van der Waals surface area contributed by atoms with E-state index in [0.29, 0.717) is 28.8 Å². The van der Waals surface area contributed by atoms with Crippen molar-refractivity contribution in [1.82, 2.24) is 15.0 Å². The van der Waals surface area contributed by atoms with E-state index in [0.717, 1.165) is 32.6 Å². The standard InChI is InChI=1S/C27H22ClN5O2S/c1-17-22-25(30-14-18-7-5-11-21(13-18)35-16-28)32-24(19-8-6-12-29-15-19)33-27(22)36-23(17)26(34)31-20-9-3-2-4-10-20/h2-13,15H,14,16H2,1H3,(H,31,34)(H,30,32,33). The third kappa shape index (κ3) is 5.15. The molecular weight excluding hydrogens is 494 g/mol. The molecule has 0 radical (unpaired) electrons. The summed E-state index contributed by atoms with van der Waals surface area (Å²) in [4.78, 5) is 28.3. The van der Waals surface area contributed by atoms with Gasteiger partial charge >= 0.3 is 0 Å². The largest absolute Gasteiger partial charge is 0.478 e. The lowest BCUT2D eigenvalue weighted by atomic mass is 10.1. The van der Waals surface area contributed by atoms with Crippen LogP contribution in [-0.2, 0) is 6.54 Å². The molecule has 36 heavy (non-hydrogen) atoms. The van der Waals surface area contributed by atoms with Gasteiger partial charge in [-0.05, 0) is 54.4 Å². The molecule has 3 aromatic heterocycles. The third-order valence-electron chi connectivity index (χ3n) is 5.53. The topological polar surface area (TPSA) is 89.0 Å². The van der Waals surface area contributed by atoms with Gasteiger partial charge in [0, 0.05) is 30.2 Å². The Kier molecular flexibility index (Phi) is 7.06. The average molecular weight is 516 g/mol. The first-order valence-corrected chi connectivity index (χ1v) is 12.6. The number of hydrogen-bond acceptors (Lipinski definition) is 7. The Hall–Kier alpha value is -4.01. The fraction of sp³-hybridized carbons (Fsp3) is 0.111. The number of nitrogens with one attached hydrogen (secondary N) is 2. The van der Waals surface area contributed by atoms with E-state index in [9.17, 15) is 4.79 Å². The molecule has 0 aliphatic carbocycles. The van der Waals surface area contributed by atoms with Crippen LogP contribution in [-0.4, -0.2) is 26.9 Å². The lowest BCUT2D eigenvalue weighted by molar-refractivity contribution is 0.103. The second-order valence-electron chi connectivity index (χ2n) is 7.95. The molecular formula is C27H22ClN5O2S. The Balaban J connectivity index is 1.53. The van der Waals surface area contributed by atoms with Crippen LogP contribution in [0.4, 0.5) is 11.5 Å². The van der Waals surface area contributed by atoms with Gasteiger partial charge in [-0.1, -0.05) is 41.9 Å². The number of rotatable bonds is 8. The number of ether oxygens (including phenoxy) is 1. The van der Waals surface area contributed by atoms with Crippen LogP contribution in [0.25, 0.3) is 21.6 Å². The monoisotopic (exact) mass is 515 g/mol. The summed E-state index contributed by atoms with van der Waals surface area (Å²) in [6.07, 6.45) is 3.43. The van der Waals surface area contributed by atoms with Crippen molar-refractivity contribution in [2.24, 2.45) is 0 Å². The van der Waals surface area contributed by atoms with Gasteiger partial charge in [-0.15, -0.1) is 11.3 Å². The maximum atomic E-state index is 13.1. The Bertz CT molecular complexity index is 1510. The number of benzene rings is 2. The van der Waals surface area contributed by atoms with Crippen LogP contribution in [0, 0.1) is 6.92 Å². The van der Waals surface area contributed by atoms with Crippen molar-refractivity contribution in [2.45, 2.75) is 13.5 Å².